The molecule has 2 N–H and O–H groups in total. The lowest BCUT2D eigenvalue weighted by atomic mass is 10.0. The first-order chi connectivity index (χ1) is 8.66. The second-order valence-electron chi connectivity index (χ2n) is 5.65. The Morgan fingerprint density at radius 3 is 2.39 bits per heavy atom. The number of nitrogens with zero attached hydrogens (tertiary/aromatic N) is 1. The molecular formula is C16H24N2. The van der Waals surface area contributed by atoms with Crippen LogP contribution in [0.2, 0.25) is 0 Å². The van der Waals surface area contributed by atoms with Crippen molar-refractivity contribution >= 4 is 5.84 Å². The molecule has 0 amide bonds. The van der Waals surface area contributed by atoms with Gasteiger partial charge in [0.1, 0.15) is 5.84 Å². The third-order valence-corrected chi connectivity index (χ3v) is 3.87. The van der Waals surface area contributed by atoms with Crippen LogP contribution in [0.1, 0.15) is 56.6 Å². The van der Waals surface area contributed by atoms with E-state index in [2.05, 4.69) is 43.1 Å². The lowest BCUT2D eigenvalue weighted by molar-refractivity contribution is 0.563. The summed E-state index contributed by atoms with van der Waals surface area (Å²) in [5.41, 5.74) is 8.45. The van der Waals surface area contributed by atoms with Crippen molar-refractivity contribution in [1.29, 1.82) is 0 Å². The summed E-state index contributed by atoms with van der Waals surface area (Å²) in [7, 11) is 0. The maximum absolute atomic E-state index is 6.05. The summed E-state index contributed by atoms with van der Waals surface area (Å²) < 4.78 is 0. The summed E-state index contributed by atoms with van der Waals surface area (Å²) in [5, 5.41) is 0. The molecule has 0 heterocycles. The van der Waals surface area contributed by atoms with Gasteiger partial charge >= 0.3 is 0 Å². The summed E-state index contributed by atoms with van der Waals surface area (Å²) in [5.74, 6) is 2.02. The van der Waals surface area contributed by atoms with Crippen LogP contribution >= 0.6 is 0 Å². The Balaban J connectivity index is 1.98. The number of nitrogens with two attached hydrogens (primary N) is 1. The smallest absolute Gasteiger partial charge is 0.125 e. The van der Waals surface area contributed by atoms with Crippen molar-refractivity contribution < 1.29 is 0 Å². The standard InChI is InChI=1S/C16H24N2/c1-12(2)14-7-9-15(10-8-14)16(17)18-11-13-5-3-4-6-13/h7-10,12-13H,3-6,11H2,1-2H3,(H2,17,18). The van der Waals surface area contributed by atoms with Crippen LogP contribution in [0.25, 0.3) is 0 Å². The second kappa shape index (κ2) is 6.03. The maximum atomic E-state index is 6.05. The minimum Gasteiger partial charge on any atom is -0.384 e. The van der Waals surface area contributed by atoms with Crippen LogP contribution in [-0.4, -0.2) is 12.4 Å². The van der Waals surface area contributed by atoms with Gasteiger partial charge in [-0.2, -0.15) is 0 Å². The Morgan fingerprint density at radius 2 is 1.83 bits per heavy atom. The van der Waals surface area contributed by atoms with E-state index in [1.165, 1.54) is 31.2 Å². The molecule has 98 valence electrons. The van der Waals surface area contributed by atoms with Crippen LogP contribution in [0.5, 0.6) is 0 Å². The van der Waals surface area contributed by atoms with E-state index in [1.54, 1.807) is 0 Å². The maximum Gasteiger partial charge on any atom is 0.125 e. The number of aliphatic imine (C=N–C) groups is 1. The van der Waals surface area contributed by atoms with Gasteiger partial charge < -0.3 is 5.73 Å². The second-order valence-corrected chi connectivity index (χ2v) is 5.65. The highest BCUT2D eigenvalue weighted by atomic mass is 14.9. The lowest BCUT2D eigenvalue weighted by Crippen LogP contribution is -2.15. The third kappa shape index (κ3) is 3.34. The highest BCUT2D eigenvalue weighted by Gasteiger charge is 2.14. The van der Waals surface area contributed by atoms with E-state index >= 15 is 0 Å². The van der Waals surface area contributed by atoms with Crippen molar-refractivity contribution in [1.82, 2.24) is 0 Å². The monoisotopic (exact) mass is 244 g/mol. The quantitative estimate of drug-likeness (QED) is 0.636. The van der Waals surface area contributed by atoms with Gasteiger partial charge in [-0.15, -0.1) is 0 Å². The molecule has 0 aliphatic heterocycles. The van der Waals surface area contributed by atoms with Gasteiger partial charge in [0.15, 0.2) is 0 Å². The van der Waals surface area contributed by atoms with Crippen LogP contribution in [0.15, 0.2) is 29.3 Å². The number of benzene rings is 1. The summed E-state index contributed by atoms with van der Waals surface area (Å²) >= 11 is 0. The van der Waals surface area contributed by atoms with Crippen LogP contribution in [0.3, 0.4) is 0 Å². The minimum atomic E-state index is 0.565. The van der Waals surface area contributed by atoms with E-state index < -0.39 is 0 Å². The zero-order valence-corrected chi connectivity index (χ0v) is 11.5. The van der Waals surface area contributed by atoms with E-state index in [4.69, 9.17) is 5.73 Å². The SMILES string of the molecule is CC(C)c1ccc(C(N)=NCC2CCCC2)cc1. The molecule has 1 aromatic carbocycles. The van der Waals surface area contributed by atoms with Crippen molar-refractivity contribution in [3.8, 4) is 0 Å². The number of rotatable bonds is 4. The van der Waals surface area contributed by atoms with Crippen molar-refractivity contribution in [2.24, 2.45) is 16.6 Å². The predicted octanol–water partition coefficient (Wildman–Crippen LogP) is 3.71. The predicted molar refractivity (Wildman–Crippen MR) is 78.1 cm³/mol. The molecule has 18 heavy (non-hydrogen) atoms. The van der Waals surface area contributed by atoms with Gasteiger partial charge in [-0.05, 0) is 30.2 Å². The van der Waals surface area contributed by atoms with E-state index in [0.717, 1.165) is 18.0 Å². The van der Waals surface area contributed by atoms with Crippen molar-refractivity contribution in [3.63, 3.8) is 0 Å². The summed E-state index contributed by atoms with van der Waals surface area (Å²) in [6.07, 6.45) is 5.37. The first-order valence-corrected chi connectivity index (χ1v) is 7.07. The normalized spacial score (nSPS) is 17.6. The molecule has 0 atom stereocenters. The molecule has 1 saturated carbocycles. The highest BCUT2D eigenvalue weighted by molar-refractivity contribution is 5.97. The molecule has 0 aromatic heterocycles. The Bertz CT molecular complexity index is 398. The molecule has 1 fully saturated rings. The largest absolute Gasteiger partial charge is 0.384 e. The molecule has 2 rings (SSSR count). The zero-order valence-electron chi connectivity index (χ0n) is 11.5. The van der Waals surface area contributed by atoms with Crippen LogP contribution in [0.4, 0.5) is 0 Å². The van der Waals surface area contributed by atoms with E-state index in [9.17, 15) is 0 Å². The van der Waals surface area contributed by atoms with Crippen molar-refractivity contribution in [3.05, 3.63) is 35.4 Å². The summed E-state index contributed by atoms with van der Waals surface area (Å²) in [6.45, 7) is 5.30. The molecule has 1 aromatic rings. The van der Waals surface area contributed by atoms with E-state index in [0.29, 0.717) is 11.8 Å². The molecule has 0 saturated heterocycles. The Labute approximate surface area is 110 Å². The minimum absolute atomic E-state index is 0.565. The van der Waals surface area contributed by atoms with Crippen molar-refractivity contribution in [2.45, 2.75) is 45.4 Å². The van der Waals surface area contributed by atoms with E-state index in [-0.39, 0.29) is 0 Å². The number of hydrogen-bond acceptors (Lipinski definition) is 1. The molecular weight excluding hydrogens is 220 g/mol. The van der Waals surface area contributed by atoms with Crippen LogP contribution in [0, 0.1) is 5.92 Å². The Morgan fingerprint density at radius 1 is 1.22 bits per heavy atom. The molecule has 1 aliphatic carbocycles. The molecule has 0 unspecified atom stereocenters. The number of amidine groups is 1. The van der Waals surface area contributed by atoms with Gasteiger partial charge in [0, 0.05) is 12.1 Å². The average molecular weight is 244 g/mol. The van der Waals surface area contributed by atoms with Gasteiger partial charge in [0.2, 0.25) is 0 Å². The molecule has 2 nitrogen and oxygen atoms in total. The molecule has 0 radical (unpaired) electrons. The first kappa shape index (κ1) is 13.1. The molecule has 1 aliphatic rings. The third-order valence-electron chi connectivity index (χ3n) is 3.87. The average Bonchev–Trinajstić information content (AvgIpc) is 2.89. The summed E-state index contributed by atoms with van der Waals surface area (Å²) in [6, 6.07) is 8.47. The zero-order chi connectivity index (χ0) is 13.0. The van der Waals surface area contributed by atoms with Gasteiger partial charge in [-0.3, -0.25) is 4.99 Å². The molecule has 0 bridgehead atoms. The van der Waals surface area contributed by atoms with Gasteiger partial charge in [-0.25, -0.2) is 0 Å². The Hall–Kier alpha value is -1.31. The van der Waals surface area contributed by atoms with Gasteiger partial charge in [0.05, 0.1) is 0 Å². The van der Waals surface area contributed by atoms with Crippen LogP contribution in [-0.2, 0) is 0 Å². The first-order valence-electron chi connectivity index (χ1n) is 7.07. The molecule has 0 spiro atoms. The lowest BCUT2D eigenvalue weighted by Gasteiger charge is -2.08. The molecule has 2 heteroatoms. The summed E-state index contributed by atoms with van der Waals surface area (Å²) in [4.78, 5) is 4.55. The fourth-order valence-corrected chi connectivity index (χ4v) is 2.55. The van der Waals surface area contributed by atoms with Crippen molar-refractivity contribution in [2.75, 3.05) is 6.54 Å². The van der Waals surface area contributed by atoms with Gasteiger partial charge in [0.25, 0.3) is 0 Å². The Kier molecular flexibility index (Phi) is 4.40. The number of hydrogen-bond donors (Lipinski definition) is 1. The topological polar surface area (TPSA) is 38.4 Å². The van der Waals surface area contributed by atoms with E-state index in [1.807, 2.05) is 0 Å². The van der Waals surface area contributed by atoms with Crippen LogP contribution < -0.4 is 5.73 Å². The fraction of sp³-hybridized carbons (Fsp3) is 0.562. The van der Waals surface area contributed by atoms with Gasteiger partial charge in [-0.1, -0.05) is 51.0 Å². The fourth-order valence-electron chi connectivity index (χ4n) is 2.55. The highest BCUT2D eigenvalue weighted by Crippen LogP contribution is 2.24.